The third-order valence-corrected chi connectivity index (χ3v) is 4.72. The van der Waals surface area contributed by atoms with Crippen LogP contribution in [0.4, 0.5) is 0 Å². The Kier molecular flexibility index (Phi) is 6.37. The molecular weight excluding hydrogens is 304 g/mol. The summed E-state index contributed by atoms with van der Waals surface area (Å²) >= 11 is 0. The molecule has 0 bridgehead atoms. The van der Waals surface area contributed by atoms with E-state index in [4.69, 9.17) is 5.21 Å². The van der Waals surface area contributed by atoms with Crippen LogP contribution in [-0.4, -0.2) is 23.6 Å². The number of hydrogen-bond donors (Lipinski definition) is 3. The van der Waals surface area contributed by atoms with Crippen molar-refractivity contribution in [2.24, 2.45) is 11.3 Å². The fourth-order valence-electron chi connectivity index (χ4n) is 3.29. The molecule has 2 amide bonds. The maximum Gasteiger partial charge on any atom is 0.274 e. The summed E-state index contributed by atoms with van der Waals surface area (Å²) in [5.74, 6) is -0.135. The van der Waals surface area contributed by atoms with Crippen molar-refractivity contribution in [1.29, 1.82) is 0 Å². The van der Waals surface area contributed by atoms with E-state index in [0.717, 1.165) is 37.7 Å². The van der Waals surface area contributed by atoms with Gasteiger partial charge in [-0.3, -0.25) is 14.8 Å². The second kappa shape index (κ2) is 8.29. The molecule has 0 unspecified atom stereocenters. The summed E-state index contributed by atoms with van der Waals surface area (Å²) in [6.07, 6.45) is 6.41. The first-order valence-electron chi connectivity index (χ1n) is 8.72. The molecule has 0 heterocycles. The Balaban J connectivity index is 1.86. The standard InChI is InChI=1S/C19H28N2O3/c1-19(2,13-20-17(22)15-6-4-3-5-7-15)12-14-8-10-16(11-9-14)18(23)21-24/h8-11,15,24H,3-7,12-13H2,1-2H3,(H,20,22)(H,21,23). The molecule has 1 fully saturated rings. The quantitative estimate of drug-likeness (QED) is 0.553. The molecule has 24 heavy (non-hydrogen) atoms. The van der Waals surface area contributed by atoms with Crippen LogP contribution in [0.25, 0.3) is 0 Å². The first-order valence-corrected chi connectivity index (χ1v) is 8.72. The molecule has 0 saturated heterocycles. The summed E-state index contributed by atoms with van der Waals surface area (Å²) in [5.41, 5.74) is 3.08. The predicted molar refractivity (Wildman–Crippen MR) is 92.8 cm³/mol. The number of amides is 2. The molecule has 3 N–H and O–H groups in total. The molecule has 1 aliphatic carbocycles. The lowest BCUT2D eigenvalue weighted by atomic mass is 9.84. The van der Waals surface area contributed by atoms with Crippen molar-refractivity contribution in [3.05, 3.63) is 35.4 Å². The van der Waals surface area contributed by atoms with Gasteiger partial charge in [-0.25, -0.2) is 5.48 Å². The fraction of sp³-hybridized carbons (Fsp3) is 0.579. The Labute approximate surface area is 143 Å². The molecular formula is C19H28N2O3. The second-order valence-corrected chi connectivity index (χ2v) is 7.53. The van der Waals surface area contributed by atoms with Crippen LogP contribution in [0.2, 0.25) is 0 Å². The summed E-state index contributed by atoms with van der Waals surface area (Å²) in [4.78, 5) is 23.6. The molecule has 0 atom stereocenters. The summed E-state index contributed by atoms with van der Waals surface area (Å²) in [5, 5.41) is 11.7. The van der Waals surface area contributed by atoms with E-state index in [0.29, 0.717) is 12.1 Å². The minimum atomic E-state index is -0.513. The second-order valence-electron chi connectivity index (χ2n) is 7.53. The lowest BCUT2D eigenvalue weighted by Gasteiger charge is -2.27. The molecule has 1 saturated carbocycles. The van der Waals surface area contributed by atoms with Crippen molar-refractivity contribution in [1.82, 2.24) is 10.8 Å². The van der Waals surface area contributed by atoms with Gasteiger partial charge in [0.25, 0.3) is 5.91 Å². The van der Waals surface area contributed by atoms with Gasteiger partial charge in [-0.2, -0.15) is 0 Å². The van der Waals surface area contributed by atoms with Crippen molar-refractivity contribution < 1.29 is 14.8 Å². The molecule has 5 heteroatoms. The third kappa shape index (κ3) is 5.34. The van der Waals surface area contributed by atoms with E-state index < -0.39 is 5.91 Å². The van der Waals surface area contributed by atoms with E-state index in [1.54, 1.807) is 17.6 Å². The van der Waals surface area contributed by atoms with Crippen LogP contribution in [0.5, 0.6) is 0 Å². The number of nitrogens with one attached hydrogen (secondary N) is 2. The highest BCUT2D eigenvalue weighted by Gasteiger charge is 2.24. The molecule has 1 aromatic rings. The largest absolute Gasteiger partial charge is 0.355 e. The molecule has 132 valence electrons. The first-order chi connectivity index (χ1) is 11.4. The van der Waals surface area contributed by atoms with Crippen LogP contribution in [0, 0.1) is 11.3 Å². The summed E-state index contributed by atoms with van der Waals surface area (Å²) < 4.78 is 0. The predicted octanol–water partition coefficient (Wildman–Crippen LogP) is 3.07. The Bertz CT molecular complexity index is 560. The molecule has 5 nitrogen and oxygen atoms in total. The van der Waals surface area contributed by atoms with Gasteiger partial charge in [-0.1, -0.05) is 45.2 Å². The molecule has 2 rings (SSSR count). The number of hydrogen-bond acceptors (Lipinski definition) is 3. The van der Waals surface area contributed by atoms with Crippen molar-refractivity contribution in [2.75, 3.05) is 6.54 Å². The van der Waals surface area contributed by atoms with Gasteiger partial charge in [0.2, 0.25) is 5.91 Å². The number of rotatable bonds is 6. The van der Waals surface area contributed by atoms with Gasteiger partial charge in [0.05, 0.1) is 0 Å². The fourth-order valence-corrected chi connectivity index (χ4v) is 3.29. The molecule has 0 radical (unpaired) electrons. The van der Waals surface area contributed by atoms with E-state index >= 15 is 0 Å². The average molecular weight is 332 g/mol. The average Bonchev–Trinajstić information content (AvgIpc) is 2.60. The van der Waals surface area contributed by atoms with Crippen molar-refractivity contribution in [3.8, 4) is 0 Å². The zero-order chi connectivity index (χ0) is 17.6. The van der Waals surface area contributed by atoms with Crippen LogP contribution < -0.4 is 10.8 Å². The van der Waals surface area contributed by atoms with Crippen LogP contribution in [0.3, 0.4) is 0 Å². The Morgan fingerprint density at radius 3 is 2.33 bits per heavy atom. The zero-order valence-corrected chi connectivity index (χ0v) is 14.6. The van der Waals surface area contributed by atoms with Gasteiger partial charge < -0.3 is 5.32 Å². The number of carbonyl (C=O) groups is 2. The summed E-state index contributed by atoms with van der Waals surface area (Å²) in [6.45, 7) is 4.90. The van der Waals surface area contributed by atoms with Crippen molar-refractivity contribution in [2.45, 2.75) is 52.4 Å². The van der Waals surface area contributed by atoms with Gasteiger partial charge in [0, 0.05) is 18.0 Å². The molecule has 1 aromatic carbocycles. The highest BCUT2D eigenvalue weighted by atomic mass is 16.5. The highest BCUT2D eigenvalue weighted by molar-refractivity contribution is 5.93. The summed E-state index contributed by atoms with van der Waals surface area (Å²) in [7, 11) is 0. The number of hydroxylamine groups is 1. The Morgan fingerprint density at radius 1 is 1.12 bits per heavy atom. The monoisotopic (exact) mass is 332 g/mol. The molecule has 1 aliphatic rings. The Hall–Kier alpha value is -1.88. The normalized spacial score (nSPS) is 15.8. The zero-order valence-electron chi connectivity index (χ0n) is 14.6. The molecule has 0 aliphatic heterocycles. The van der Waals surface area contributed by atoms with Crippen LogP contribution in [-0.2, 0) is 11.2 Å². The van der Waals surface area contributed by atoms with Crippen molar-refractivity contribution in [3.63, 3.8) is 0 Å². The third-order valence-electron chi connectivity index (χ3n) is 4.72. The van der Waals surface area contributed by atoms with Gasteiger partial charge in [-0.15, -0.1) is 0 Å². The molecule has 0 aromatic heterocycles. The van der Waals surface area contributed by atoms with Gasteiger partial charge in [0.1, 0.15) is 0 Å². The summed E-state index contributed by atoms with van der Waals surface area (Å²) in [6, 6.07) is 7.15. The van der Waals surface area contributed by atoms with Crippen LogP contribution in [0.15, 0.2) is 24.3 Å². The highest BCUT2D eigenvalue weighted by Crippen LogP contribution is 2.25. The smallest absolute Gasteiger partial charge is 0.274 e. The molecule has 0 spiro atoms. The lowest BCUT2D eigenvalue weighted by molar-refractivity contribution is -0.126. The van der Waals surface area contributed by atoms with Gasteiger partial charge >= 0.3 is 0 Å². The number of benzene rings is 1. The van der Waals surface area contributed by atoms with Crippen LogP contribution >= 0.6 is 0 Å². The topological polar surface area (TPSA) is 78.4 Å². The first kappa shape index (κ1) is 18.5. The van der Waals surface area contributed by atoms with Crippen molar-refractivity contribution >= 4 is 11.8 Å². The lowest BCUT2D eigenvalue weighted by Crippen LogP contribution is -2.39. The van der Waals surface area contributed by atoms with E-state index in [1.807, 2.05) is 12.1 Å². The maximum absolute atomic E-state index is 12.3. The Morgan fingerprint density at radius 2 is 1.75 bits per heavy atom. The van der Waals surface area contributed by atoms with E-state index in [-0.39, 0.29) is 17.2 Å². The van der Waals surface area contributed by atoms with Gasteiger partial charge in [0.15, 0.2) is 0 Å². The van der Waals surface area contributed by atoms with E-state index in [2.05, 4.69) is 19.2 Å². The minimum Gasteiger partial charge on any atom is -0.355 e. The SMILES string of the molecule is CC(C)(CNC(=O)C1CCCCC1)Cc1ccc(C(=O)NO)cc1. The minimum absolute atomic E-state index is 0.0644. The van der Waals surface area contributed by atoms with Gasteiger partial charge in [-0.05, 0) is 42.4 Å². The van der Waals surface area contributed by atoms with E-state index in [1.165, 1.54) is 6.42 Å². The van der Waals surface area contributed by atoms with E-state index in [9.17, 15) is 9.59 Å². The number of carbonyl (C=O) groups excluding carboxylic acids is 2. The van der Waals surface area contributed by atoms with Crippen LogP contribution in [0.1, 0.15) is 61.9 Å². The maximum atomic E-state index is 12.3.